The molecule has 0 aliphatic heterocycles. The summed E-state index contributed by atoms with van der Waals surface area (Å²) >= 11 is 0. The smallest absolute Gasteiger partial charge is 0.220 e. The van der Waals surface area contributed by atoms with Gasteiger partial charge in [-0.15, -0.1) is 0 Å². The van der Waals surface area contributed by atoms with E-state index in [4.69, 9.17) is 0 Å². The zero-order valence-electron chi connectivity index (χ0n) is 18.2. The summed E-state index contributed by atoms with van der Waals surface area (Å²) in [5.41, 5.74) is 6.15. The highest BCUT2D eigenvalue weighted by atomic mass is 16.3. The minimum atomic E-state index is -0.709. The third-order valence-corrected chi connectivity index (χ3v) is 5.52. The summed E-state index contributed by atoms with van der Waals surface area (Å²) in [4.78, 5) is 12.3. The summed E-state index contributed by atoms with van der Waals surface area (Å²) in [5, 5.41) is 17.9. The zero-order chi connectivity index (χ0) is 21.7. The SMILES string of the molecule is Cc1nn(-c2ccccc2)c(C)c1CCC(=O)NCC(O)c1ccc(C(C)C)cc1. The van der Waals surface area contributed by atoms with Crippen molar-refractivity contribution in [3.8, 4) is 5.69 Å². The molecular formula is C25H31N3O2. The van der Waals surface area contributed by atoms with Crippen LogP contribution in [0.25, 0.3) is 5.69 Å². The van der Waals surface area contributed by atoms with Crippen LogP contribution in [0.5, 0.6) is 0 Å². The second-order valence-electron chi connectivity index (χ2n) is 8.04. The van der Waals surface area contributed by atoms with E-state index in [2.05, 4.69) is 24.3 Å². The molecule has 3 aromatic rings. The Bertz CT molecular complexity index is 976. The van der Waals surface area contributed by atoms with E-state index < -0.39 is 6.10 Å². The monoisotopic (exact) mass is 405 g/mol. The van der Waals surface area contributed by atoms with Gasteiger partial charge in [-0.2, -0.15) is 5.10 Å². The molecule has 0 aliphatic carbocycles. The Morgan fingerprint density at radius 3 is 2.30 bits per heavy atom. The highest BCUT2D eigenvalue weighted by molar-refractivity contribution is 5.76. The molecule has 2 aromatic carbocycles. The van der Waals surface area contributed by atoms with Gasteiger partial charge in [-0.05, 0) is 55.0 Å². The molecule has 0 radical (unpaired) electrons. The fourth-order valence-electron chi connectivity index (χ4n) is 3.62. The van der Waals surface area contributed by atoms with Gasteiger partial charge in [0.1, 0.15) is 0 Å². The molecular weight excluding hydrogens is 374 g/mol. The molecule has 5 nitrogen and oxygen atoms in total. The summed E-state index contributed by atoms with van der Waals surface area (Å²) in [7, 11) is 0. The van der Waals surface area contributed by atoms with Crippen LogP contribution in [0.2, 0.25) is 0 Å². The number of para-hydroxylation sites is 1. The van der Waals surface area contributed by atoms with Crippen LogP contribution < -0.4 is 5.32 Å². The first-order valence-electron chi connectivity index (χ1n) is 10.5. The average Bonchev–Trinajstić information content (AvgIpc) is 3.04. The van der Waals surface area contributed by atoms with Crippen molar-refractivity contribution < 1.29 is 9.90 Å². The Hall–Kier alpha value is -2.92. The first kappa shape index (κ1) is 21.8. The van der Waals surface area contributed by atoms with Gasteiger partial charge in [0.15, 0.2) is 0 Å². The number of carbonyl (C=O) groups is 1. The largest absolute Gasteiger partial charge is 0.387 e. The van der Waals surface area contributed by atoms with Crippen LogP contribution in [0.15, 0.2) is 54.6 Å². The van der Waals surface area contributed by atoms with Crippen LogP contribution in [0.1, 0.15) is 60.4 Å². The highest BCUT2D eigenvalue weighted by Gasteiger charge is 2.15. The zero-order valence-corrected chi connectivity index (χ0v) is 18.2. The number of nitrogens with zero attached hydrogens (tertiary/aromatic N) is 2. The van der Waals surface area contributed by atoms with Crippen molar-refractivity contribution in [1.29, 1.82) is 0 Å². The molecule has 5 heteroatoms. The maximum atomic E-state index is 12.3. The molecule has 1 amide bonds. The number of hydrogen-bond acceptors (Lipinski definition) is 3. The van der Waals surface area contributed by atoms with Crippen molar-refractivity contribution in [2.75, 3.05) is 6.54 Å². The van der Waals surface area contributed by atoms with E-state index in [0.29, 0.717) is 18.8 Å². The van der Waals surface area contributed by atoms with Crippen molar-refractivity contribution in [1.82, 2.24) is 15.1 Å². The van der Waals surface area contributed by atoms with Gasteiger partial charge in [-0.3, -0.25) is 4.79 Å². The number of aryl methyl sites for hydroxylation is 1. The van der Waals surface area contributed by atoms with E-state index in [-0.39, 0.29) is 12.5 Å². The van der Waals surface area contributed by atoms with Crippen molar-refractivity contribution >= 4 is 5.91 Å². The van der Waals surface area contributed by atoms with Crippen LogP contribution in [0.4, 0.5) is 0 Å². The molecule has 1 aromatic heterocycles. The number of hydrogen-bond donors (Lipinski definition) is 2. The lowest BCUT2D eigenvalue weighted by Crippen LogP contribution is -2.28. The Labute approximate surface area is 178 Å². The maximum Gasteiger partial charge on any atom is 0.220 e. The second kappa shape index (κ2) is 9.72. The van der Waals surface area contributed by atoms with Crippen molar-refractivity contribution in [3.63, 3.8) is 0 Å². The predicted molar refractivity (Wildman–Crippen MR) is 120 cm³/mol. The second-order valence-corrected chi connectivity index (χ2v) is 8.04. The average molecular weight is 406 g/mol. The highest BCUT2D eigenvalue weighted by Crippen LogP contribution is 2.20. The quantitative estimate of drug-likeness (QED) is 0.584. The number of amides is 1. The van der Waals surface area contributed by atoms with Gasteiger partial charge in [0.05, 0.1) is 17.5 Å². The summed E-state index contributed by atoms with van der Waals surface area (Å²) in [5.74, 6) is 0.383. The van der Waals surface area contributed by atoms with E-state index in [1.54, 1.807) is 0 Å². The molecule has 1 atom stereocenters. The Morgan fingerprint density at radius 2 is 1.67 bits per heavy atom. The normalized spacial score (nSPS) is 12.2. The lowest BCUT2D eigenvalue weighted by Gasteiger charge is -2.14. The van der Waals surface area contributed by atoms with Gasteiger partial charge in [0, 0.05) is 18.7 Å². The molecule has 1 unspecified atom stereocenters. The Balaban J connectivity index is 1.54. The van der Waals surface area contributed by atoms with Crippen LogP contribution >= 0.6 is 0 Å². The van der Waals surface area contributed by atoms with Crippen LogP contribution in [-0.2, 0) is 11.2 Å². The van der Waals surface area contributed by atoms with Gasteiger partial charge >= 0.3 is 0 Å². The van der Waals surface area contributed by atoms with E-state index in [0.717, 1.165) is 28.2 Å². The minimum Gasteiger partial charge on any atom is -0.387 e. The van der Waals surface area contributed by atoms with Gasteiger partial charge in [-0.1, -0.05) is 56.3 Å². The van der Waals surface area contributed by atoms with Crippen LogP contribution in [-0.4, -0.2) is 27.3 Å². The van der Waals surface area contributed by atoms with E-state index >= 15 is 0 Å². The Kier molecular flexibility index (Phi) is 7.06. The fraction of sp³-hybridized carbons (Fsp3) is 0.360. The molecule has 0 saturated carbocycles. The molecule has 0 bridgehead atoms. The predicted octanol–water partition coefficient (Wildman–Crippen LogP) is 4.39. The lowest BCUT2D eigenvalue weighted by molar-refractivity contribution is -0.121. The molecule has 1 heterocycles. The number of nitrogens with one attached hydrogen (secondary N) is 1. The number of rotatable bonds is 8. The summed E-state index contributed by atoms with van der Waals surface area (Å²) in [6.45, 7) is 8.49. The molecule has 0 saturated heterocycles. The van der Waals surface area contributed by atoms with E-state index in [1.165, 1.54) is 5.56 Å². The van der Waals surface area contributed by atoms with Crippen molar-refractivity contribution in [2.45, 2.75) is 52.6 Å². The molecule has 158 valence electrons. The molecule has 2 N–H and O–H groups in total. The molecule has 0 spiro atoms. The topological polar surface area (TPSA) is 67.2 Å². The van der Waals surface area contributed by atoms with Gasteiger partial charge in [0.2, 0.25) is 5.91 Å². The van der Waals surface area contributed by atoms with E-state index in [1.807, 2.05) is 73.1 Å². The summed E-state index contributed by atoms with van der Waals surface area (Å²) in [6.07, 6.45) is 0.274. The third-order valence-electron chi connectivity index (χ3n) is 5.52. The van der Waals surface area contributed by atoms with Gasteiger partial charge in [-0.25, -0.2) is 4.68 Å². The first-order valence-corrected chi connectivity index (χ1v) is 10.5. The molecule has 0 aliphatic rings. The number of benzene rings is 2. The number of carbonyl (C=O) groups excluding carboxylic acids is 1. The lowest BCUT2D eigenvalue weighted by atomic mass is 10.00. The fourth-order valence-corrected chi connectivity index (χ4v) is 3.62. The number of aromatic nitrogens is 2. The van der Waals surface area contributed by atoms with Crippen LogP contribution in [0.3, 0.4) is 0 Å². The Morgan fingerprint density at radius 1 is 1.03 bits per heavy atom. The number of aliphatic hydroxyl groups excluding tert-OH is 1. The summed E-state index contributed by atoms with van der Waals surface area (Å²) in [6, 6.07) is 17.9. The standard InChI is InChI=1S/C25H31N3O2/c1-17(2)20-10-12-21(13-11-20)24(29)16-26-25(30)15-14-23-18(3)27-28(19(23)4)22-8-6-5-7-9-22/h5-13,17,24,29H,14-16H2,1-4H3,(H,26,30). The van der Waals surface area contributed by atoms with Crippen molar-refractivity contribution in [2.24, 2.45) is 0 Å². The molecule has 30 heavy (non-hydrogen) atoms. The van der Waals surface area contributed by atoms with Gasteiger partial charge < -0.3 is 10.4 Å². The third kappa shape index (κ3) is 5.16. The summed E-state index contributed by atoms with van der Waals surface area (Å²) < 4.78 is 1.92. The van der Waals surface area contributed by atoms with Crippen molar-refractivity contribution in [3.05, 3.63) is 82.7 Å². The number of aliphatic hydroxyl groups is 1. The first-order chi connectivity index (χ1) is 14.4. The van der Waals surface area contributed by atoms with Gasteiger partial charge in [0.25, 0.3) is 0 Å². The minimum absolute atomic E-state index is 0.0703. The van der Waals surface area contributed by atoms with Crippen LogP contribution in [0, 0.1) is 13.8 Å². The van der Waals surface area contributed by atoms with E-state index in [9.17, 15) is 9.90 Å². The maximum absolute atomic E-state index is 12.3. The molecule has 0 fully saturated rings. The molecule has 3 rings (SSSR count).